The van der Waals surface area contributed by atoms with Crippen molar-refractivity contribution in [2.75, 3.05) is 0 Å². The van der Waals surface area contributed by atoms with E-state index in [0.29, 0.717) is 5.56 Å². The van der Waals surface area contributed by atoms with E-state index in [4.69, 9.17) is 0 Å². The van der Waals surface area contributed by atoms with Gasteiger partial charge in [0.2, 0.25) is 0 Å². The first kappa shape index (κ1) is 12.3. The van der Waals surface area contributed by atoms with Crippen LogP contribution in [-0.2, 0) is 6.18 Å². The molecule has 1 aromatic carbocycles. The van der Waals surface area contributed by atoms with Gasteiger partial charge in [-0.15, -0.1) is 0 Å². The van der Waals surface area contributed by atoms with E-state index in [1.165, 1.54) is 12.3 Å². The zero-order valence-corrected chi connectivity index (χ0v) is 9.22. The summed E-state index contributed by atoms with van der Waals surface area (Å²) in [6.07, 6.45) is -1.78. The first-order chi connectivity index (χ1) is 8.55. The summed E-state index contributed by atoms with van der Waals surface area (Å²) in [7, 11) is 0. The van der Waals surface area contributed by atoms with Crippen molar-refractivity contribution >= 4 is 11.9 Å². The number of alkyl halides is 3. The third-order valence-corrected chi connectivity index (χ3v) is 2.20. The molecule has 0 aliphatic heterocycles. The highest BCUT2D eigenvalue weighted by molar-refractivity contribution is 5.81. The van der Waals surface area contributed by atoms with Crippen LogP contribution >= 0.6 is 0 Å². The summed E-state index contributed by atoms with van der Waals surface area (Å²) in [5, 5.41) is 0. The molecule has 0 N–H and O–H groups in total. The van der Waals surface area contributed by atoms with Crippen molar-refractivity contribution in [1.29, 1.82) is 0 Å². The van der Waals surface area contributed by atoms with Gasteiger partial charge in [0.1, 0.15) is 5.69 Å². The van der Waals surface area contributed by atoms with Crippen LogP contribution in [0.1, 0.15) is 11.3 Å². The molecule has 92 valence electrons. The van der Waals surface area contributed by atoms with Crippen LogP contribution in [0.4, 0.5) is 18.9 Å². The van der Waals surface area contributed by atoms with Gasteiger partial charge >= 0.3 is 6.18 Å². The fraction of sp³-hybridized carbons (Fsp3) is 0.0769. The van der Waals surface area contributed by atoms with Crippen molar-refractivity contribution in [2.45, 2.75) is 6.18 Å². The maximum atomic E-state index is 12.3. The van der Waals surface area contributed by atoms with Gasteiger partial charge in [-0.3, -0.25) is 9.98 Å². The first-order valence-electron chi connectivity index (χ1n) is 5.18. The zero-order chi connectivity index (χ0) is 13.0. The van der Waals surface area contributed by atoms with Gasteiger partial charge in [-0.2, -0.15) is 13.2 Å². The highest BCUT2D eigenvalue weighted by Crippen LogP contribution is 2.27. The molecule has 0 aliphatic carbocycles. The average molecular weight is 250 g/mol. The fourth-order valence-corrected chi connectivity index (χ4v) is 1.31. The van der Waals surface area contributed by atoms with E-state index in [1.54, 1.807) is 12.1 Å². The summed E-state index contributed by atoms with van der Waals surface area (Å²) in [6, 6.07) is 11.4. The summed E-state index contributed by atoms with van der Waals surface area (Å²) in [4.78, 5) is 7.47. The summed E-state index contributed by atoms with van der Waals surface area (Å²) < 4.78 is 36.8. The third kappa shape index (κ3) is 3.16. The molecule has 0 spiro atoms. The van der Waals surface area contributed by atoms with E-state index < -0.39 is 11.9 Å². The van der Waals surface area contributed by atoms with Crippen molar-refractivity contribution in [3.8, 4) is 0 Å². The Kier molecular flexibility index (Phi) is 3.41. The second kappa shape index (κ2) is 5.00. The molecule has 0 fully saturated rings. The Morgan fingerprint density at radius 3 is 2.28 bits per heavy atom. The highest BCUT2D eigenvalue weighted by atomic mass is 19.4. The predicted molar refractivity (Wildman–Crippen MR) is 62.9 cm³/mol. The minimum absolute atomic E-state index is 0.520. The second-order valence-electron chi connectivity index (χ2n) is 3.57. The molecular formula is C13H9F3N2. The van der Waals surface area contributed by atoms with Crippen LogP contribution in [0.2, 0.25) is 0 Å². The van der Waals surface area contributed by atoms with Crippen LogP contribution in [0.15, 0.2) is 53.7 Å². The Balaban J connectivity index is 2.14. The standard InChI is InChI=1S/C13H9F3N2/c14-13(15,16)12-7-6-10(9-18-12)8-17-11-4-2-1-3-5-11/h1-9H. The number of hydrogen-bond acceptors (Lipinski definition) is 2. The van der Waals surface area contributed by atoms with Gasteiger partial charge in [-0.05, 0) is 24.3 Å². The van der Waals surface area contributed by atoms with Gasteiger partial charge < -0.3 is 0 Å². The second-order valence-corrected chi connectivity index (χ2v) is 3.57. The molecule has 0 saturated heterocycles. The number of rotatable bonds is 2. The number of aromatic nitrogens is 1. The van der Waals surface area contributed by atoms with E-state index in [2.05, 4.69) is 9.98 Å². The maximum absolute atomic E-state index is 12.3. The van der Waals surface area contributed by atoms with Gasteiger partial charge in [0.15, 0.2) is 0 Å². The smallest absolute Gasteiger partial charge is 0.256 e. The van der Waals surface area contributed by atoms with E-state index in [9.17, 15) is 13.2 Å². The fourth-order valence-electron chi connectivity index (χ4n) is 1.31. The molecule has 0 radical (unpaired) electrons. The highest BCUT2D eigenvalue weighted by Gasteiger charge is 2.31. The average Bonchev–Trinajstić information content (AvgIpc) is 2.37. The Bertz CT molecular complexity index is 530. The number of nitrogens with zero attached hydrogens (tertiary/aromatic N) is 2. The van der Waals surface area contributed by atoms with Crippen LogP contribution < -0.4 is 0 Å². The molecule has 2 nitrogen and oxygen atoms in total. The Labute approximate surface area is 102 Å². The van der Waals surface area contributed by atoms with Crippen LogP contribution in [0.25, 0.3) is 0 Å². The Morgan fingerprint density at radius 2 is 1.72 bits per heavy atom. The number of para-hydroxylation sites is 1. The molecule has 2 aromatic rings. The largest absolute Gasteiger partial charge is 0.433 e. The lowest BCUT2D eigenvalue weighted by Crippen LogP contribution is -2.07. The molecule has 0 aliphatic rings. The molecule has 0 bridgehead atoms. The molecule has 0 unspecified atom stereocenters. The van der Waals surface area contributed by atoms with Crippen molar-refractivity contribution in [1.82, 2.24) is 4.98 Å². The van der Waals surface area contributed by atoms with Gasteiger partial charge in [0, 0.05) is 18.0 Å². The lowest BCUT2D eigenvalue weighted by Gasteiger charge is -2.04. The van der Waals surface area contributed by atoms with Gasteiger partial charge in [-0.1, -0.05) is 18.2 Å². The first-order valence-corrected chi connectivity index (χ1v) is 5.18. The number of aliphatic imine (C=N–C) groups is 1. The molecule has 2 rings (SSSR count). The maximum Gasteiger partial charge on any atom is 0.433 e. The van der Waals surface area contributed by atoms with Crippen molar-refractivity contribution < 1.29 is 13.2 Å². The van der Waals surface area contributed by atoms with E-state index in [1.807, 2.05) is 18.2 Å². The summed E-state index contributed by atoms with van der Waals surface area (Å²) >= 11 is 0. The summed E-state index contributed by atoms with van der Waals surface area (Å²) in [6.45, 7) is 0. The Morgan fingerprint density at radius 1 is 1.00 bits per heavy atom. The number of pyridine rings is 1. The lowest BCUT2D eigenvalue weighted by molar-refractivity contribution is -0.141. The topological polar surface area (TPSA) is 25.2 Å². The van der Waals surface area contributed by atoms with Crippen molar-refractivity contribution in [2.24, 2.45) is 4.99 Å². The van der Waals surface area contributed by atoms with Crippen LogP contribution in [0.5, 0.6) is 0 Å². The molecule has 18 heavy (non-hydrogen) atoms. The lowest BCUT2D eigenvalue weighted by atomic mass is 10.2. The SMILES string of the molecule is FC(F)(F)c1ccc(C=Nc2ccccc2)cn1. The Hall–Kier alpha value is -2.17. The van der Waals surface area contributed by atoms with Gasteiger partial charge in [0.05, 0.1) is 5.69 Å². The zero-order valence-electron chi connectivity index (χ0n) is 9.22. The molecular weight excluding hydrogens is 241 g/mol. The number of halogens is 3. The predicted octanol–water partition coefficient (Wildman–Crippen LogP) is 3.85. The van der Waals surface area contributed by atoms with Crippen molar-refractivity contribution in [3.05, 3.63) is 59.9 Å². The number of hydrogen-bond donors (Lipinski definition) is 0. The van der Waals surface area contributed by atoms with Gasteiger partial charge in [0.25, 0.3) is 0 Å². The van der Waals surface area contributed by atoms with Crippen LogP contribution in [0.3, 0.4) is 0 Å². The normalized spacial score (nSPS) is 11.9. The molecule has 0 atom stereocenters. The monoisotopic (exact) mass is 250 g/mol. The molecule has 1 heterocycles. The van der Waals surface area contributed by atoms with Crippen LogP contribution in [-0.4, -0.2) is 11.2 Å². The summed E-state index contributed by atoms with van der Waals surface area (Å²) in [5.74, 6) is 0. The summed E-state index contributed by atoms with van der Waals surface area (Å²) in [5.41, 5.74) is 0.351. The quantitative estimate of drug-likeness (QED) is 0.743. The van der Waals surface area contributed by atoms with E-state index >= 15 is 0 Å². The number of benzene rings is 1. The van der Waals surface area contributed by atoms with E-state index in [0.717, 1.165) is 18.0 Å². The third-order valence-electron chi connectivity index (χ3n) is 2.20. The molecule has 0 saturated carbocycles. The van der Waals surface area contributed by atoms with E-state index in [-0.39, 0.29) is 0 Å². The van der Waals surface area contributed by atoms with Crippen LogP contribution in [0, 0.1) is 0 Å². The molecule has 1 aromatic heterocycles. The molecule has 5 heteroatoms. The minimum atomic E-state index is -4.41. The minimum Gasteiger partial charge on any atom is -0.256 e. The molecule has 0 amide bonds. The van der Waals surface area contributed by atoms with Crippen molar-refractivity contribution in [3.63, 3.8) is 0 Å². The van der Waals surface area contributed by atoms with Gasteiger partial charge in [-0.25, -0.2) is 0 Å².